The van der Waals surface area contributed by atoms with E-state index < -0.39 is 0 Å². The van der Waals surface area contributed by atoms with Gasteiger partial charge in [-0.1, -0.05) is 0 Å². The number of carbonyl (C=O) groups is 1. The van der Waals surface area contributed by atoms with E-state index in [0.717, 1.165) is 42.6 Å². The molecule has 0 atom stereocenters. The number of amides is 1. The Bertz CT molecular complexity index is 1010. The lowest BCUT2D eigenvalue weighted by molar-refractivity contribution is 0.0880. The number of nitrogens with one attached hydrogen (secondary N) is 2. The zero-order valence-corrected chi connectivity index (χ0v) is 17.0. The smallest absolute Gasteiger partial charge is 0.317 e. The number of H-pyrrole nitrogens is 1. The van der Waals surface area contributed by atoms with Crippen molar-refractivity contribution in [2.75, 3.05) is 0 Å². The van der Waals surface area contributed by atoms with Gasteiger partial charge in [-0.2, -0.15) is 5.10 Å². The van der Waals surface area contributed by atoms with E-state index in [1.165, 1.54) is 12.1 Å². The van der Waals surface area contributed by atoms with Crippen LogP contribution < -0.4 is 10.1 Å². The second-order valence-electron chi connectivity index (χ2n) is 7.67. The highest BCUT2D eigenvalue weighted by atomic mass is 19.1. The third-order valence-corrected chi connectivity index (χ3v) is 5.21. The van der Waals surface area contributed by atoms with Crippen molar-refractivity contribution in [3.63, 3.8) is 0 Å². The molecule has 2 N–H and O–H groups in total. The van der Waals surface area contributed by atoms with Gasteiger partial charge in [0.25, 0.3) is 5.91 Å². The molecule has 4 rings (SSSR count). The Morgan fingerprint density at radius 2 is 1.73 bits per heavy atom. The maximum absolute atomic E-state index is 13.1. The van der Waals surface area contributed by atoms with Crippen LogP contribution in [0.15, 0.2) is 36.4 Å². The quantitative estimate of drug-likeness (QED) is 0.670. The molecule has 0 saturated heterocycles. The van der Waals surface area contributed by atoms with E-state index in [0.29, 0.717) is 17.4 Å². The summed E-state index contributed by atoms with van der Waals surface area (Å²) in [4.78, 5) is 21.2. The number of aromatic nitrogens is 4. The molecule has 1 aliphatic rings. The lowest BCUT2D eigenvalue weighted by atomic mass is 9.93. The van der Waals surface area contributed by atoms with Crippen LogP contribution in [-0.2, 0) is 0 Å². The van der Waals surface area contributed by atoms with E-state index >= 15 is 0 Å². The second-order valence-corrected chi connectivity index (χ2v) is 7.67. The normalized spacial score (nSPS) is 18.8. The molecule has 1 aliphatic carbocycles. The van der Waals surface area contributed by atoms with Crippen LogP contribution in [0.4, 0.5) is 4.39 Å². The zero-order chi connectivity index (χ0) is 21.1. The maximum Gasteiger partial charge on any atom is 0.317 e. The molecular formula is C22H24FN5O2. The summed E-state index contributed by atoms with van der Waals surface area (Å²) in [5, 5.41) is 9.98. The molecular weight excluding hydrogens is 385 g/mol. The van der Waals surface area contributed by atoms with Gasteiger partial charge in [0.05, 0.1) is 5.69 Å². The van der Waals surface area contributed by atoms with E-state index in [9.17, 15) is 9.18 Å². The van der Waals surface area contributed by atoms with E-state index in [-0.39, 0.29) is 23.9 Å². The Morgan fingerprint density at radius 1 is 1.07 bits per heavy atom. The van der Waals surface area contributed by atoms with Crippen molar-refractivity contribution in [3.8, 4) is 17.3 Å². The zero-order valence-electron chi connectivity index (χ0n) is 17.0. The molecule has 2 aromatic heterocycles. The van der Waals surface area contributed by atoms with Crippen LogP contribution in [0.5, 0.6) is 6.01 Å². The Balaban J connectivity index is 1.29. The minimum atomic E-state index is -0.309. The minimum absolute atomic E-state index is 0.0524. The average molecular weight is 409 g/mol. The minimum Gasteiger partial charge on any atom is -0.460 e. The van der Waals surface area contributed by atoms with Crippen LogP contribution in [0.3, 0.4) is 0 Å². The lowest BCUT2D eigenvalue weighted by Crippen LogP contribution is -2.40. The van der Waals surface area contributed by atoms with E-state index in [2.05, 4.69) is 25.5 Å². The third-order valence-electron chi connectivity index (χ3n) is 5.21. The predicted octanol–water partition coefficient (Wildman–Crippen LogP) is 3.74. The van der Waals surface area contributed by atoms with Gasteiger partial charge in [0, 0.05) is 23.0 Å². The Morgan fingerprint density at radius 3 is 2.40 bits per heavy atom. The van der Waals surface area contributed by atoms with Crippen molar-refractivity contribution in [1.82, 2.24) is 25.5 Å². The van der Waals surface area contributed by atoms with Gasteiger partial charge in [0.1, 0.15) is 17.6 Å². The van der Waals surface area contributed by atoms with Crippen molar-refractivity contribution in [3.05, 3.63) is 59.3 Å². The molecule has 0 bridgehead atoms. The van der Waals surface area contributed by atoms with Crippen LogP contribution in [0.2, 0.25) is 0 Å². The summed E-state index contributed by atoms with van der Waals surface area (Å²) in [5.74, 6) is -0.506. The van der Waals surface area contributed by atoms with Crippen molar-refractivity contribution in [1.29, 1.82) is 0 Å². The van der Waals surface area contributed by atoms with Gasteiger partial charge in [-0.15, -0.1) is 0 Å². The number of halogens is 1. The molecule has 0 radical (unpaired) electrons. The Kier molecular flexibility index (Phi) is 5.74. The molecule has 1 fully saturated rings. The second kappa shape index (κ2) is 8.61. The number of ether oxygens (including phenoxy) is 1. The Labute approximate surface area is 174 Å². The topological polar surface area (TPSA) is 92.8 Å². The first-order valence-electron chi connectivity index (χ1n) is 10.1. The number of aryl methyl sites for hydroxylation is 2. The number of carbonyl (C=O) groups excluding carboxylic acids is 1. The molecule has 0 spiro atoms. The number of hydrogen-bond acceptors (Lipinski definition) is 5. The van der Waals surface area contributed by atoms with Crippen LogP contribution in [0.25, 0.3) is 11.3 Å². The monoisotopic (exact) mass is 409 g/mol. The lowest BCUT2D eigenvalue weighted by Gasteiger charge is -2.28. The molecule has 0 unspecified atom stereocenters. The summed E-state index contributed by atoms with van der Waals surface area (Å²) in [6, 6.07) is 10.1. The molecule has 30 heavy (non-hydrogen) atoms. The summed E-state index contributed by atoms with van der Waals surface area (Å²) in [5.41, 5.74) is 3.51. The largest absolute Gasteiger partial charge is 0.460 e. The summed E-state index contributed by atoms with van der Waals surface area (Å²) < 4.78 is 19.0. The van der Waals surface area contributed by atoms with Crippen molar-refractivity contribution >= 4 is 5.91 Å². The summed E-state index contributed by atoms with van der Waals surface area (Å²) in [6.07, 6.45) is 3.34. The van der Waals surface area contributed by atoms with Gasteiger partial charge in [0.2, 0.25) is 0 Å². The molecule has 7 nitrogen and oxygen atoms in total. The van der Waals surface area contributed by atoms with Gasteiger partial charge in [-0.3, -0.25) is 9.89 Å². The molecule has 156 valence electrons. The molecule has 1 saturated carbocycles. The number of benzene rings is 1. The number of rotatable bonds is 5. The van der Waals surface area contributed by atoms with Crippen molar-refractivity contribution < 1.29 is 13.9 Å². The average Bonchev–Trinajstić information content (AvgIpc) is 3.20. The van der Waals surface area contributed by atoms with Crippen LogP contribution >= 0.6 is 0 Å². The van der Waals surface area contributed by atoms with E-state index in [4.69, 9.17) is 4.74 Å². The number of aromatic amines is 1. The molecule has 1 amide bonds. The highest BCUT2D eigenvalue weighted by Crippen LogP contribution is 2.23. The first-order chi connectivity index (χ1) is 14.5. The third kappa shape index (κ3) is 4.82. The van der Waals surface area contributed by atoms with Crippen molar-refractivity contribution in [2.45, 2.75) is 51.7 Å². The standard InChI is InChI=1S/C22H24FN5O2/c1-13-11-14(2)25-22(24-13)30-18-9-7-17(8-10-18)26-21(29)20-12-19(27-28-20)15-3-5-16(23)6-4-15/h3-6,11-12,17-18H,7-10H2,1-2H3,(H,26,29)(H,27,28). The van der Waals surface area contributed by atoms with Gasteiger partial charge < -0.3 is 10.1 Å². The molecule has 1 aromatic carbocycles. The van der Waals surface area contributed by atoms with Crippen LogP contribution in [-0.4, -0.2) is 38.2 Å². The van der Waals surface area contributed by atoms with Crippen molar-refractivity contribution in [2.24, 2.45) is 0 Å². The fourth-order valence-corrected chi connectivity index (χ4v) is 3.69. The fourth-order valence-electron chi connectivity index (χ4n) is 3.69. The fraction of sp³-hybridized carbons (Fsp3) is 0.364. The number of nitrogens with zero attached hydrogens (tertiary/aromatic N) is 3. The van der Waals surface area contributed by atoms with E-state index in [1.54, 1.807) is 18.2 Å². The Hall–Kier alpha value is -3.29. The summed E-state index contributed by atoms with van der Waals surface area (Å²) in [6.45, 7) is 3.84. The first-order valence-corrected chi connectivity index (χ1v) is 10.1. The molecule has 2 heterocycles. The summed E-state index contributed by atoms with van der Waals surface area (Å²) >= 11 is 0. The highest BCUT2D eigenvalue weighted by Gasteiger charge is 2.25. The molecule has 0 aliphatic heterocycles. The molecule has 8 heteroatoms. The van der Waals surface area contributed by atoms with E-state index in [1.807, 2.05) is 19.9 Å². The molecule has 3 aromatic rings. The highest BCUT2D eigenvalue weighted by molar-refractivity contribution is 5.93. The van der Waals surface area contributed by atoms with Gasteiger partial charge in [-0.25, -0.2) is 14.4 Å². The van der Waals surface area contributed by atoms with Gasteiger partial charge in [-0.05, 0) is 75.9 Å². The SMILES string of the molecule is Cc1cc(C)nc(OC2CCC(NC(=O)c3cc(-c4ccc(F)cc4)n[nH]3)CC2)n1. The van der Waals surface area contributed by atoms with Crippen LogP contribution in [0, 0.1) is 19.7 Å². The first kappa shape index (κ1) is 20.0. The maximum atomic E-state index is 13.1. The summed E-state index contributed by atoms with van der Waals surface area (Å²) in [7, 11) is 0. The van der Waals surface area contributed by atoms with Gasteiger partial charge in [0.15, 0.2) is 0 Å². The number of hydrogen-bond donors (Lipinski definition) is 2. The van der Waals surface area contributed by atoms with Crippen LogP contribution in [0.1, 0.15) is 47.6 Å². The van der Waals surface area contributed by atoms with Gasteiger partial charge >= 0.3 is 6.01 Å². The predicted molar refractivity (Wildman–Crippen MR) is 110 cm³/mol.